The standard InChI is InChI=1S/C20H21NO4S2/c1-14-9-11-16(12-10-14)27(23,24)17(13-26-15-7-5-4-6-8-15)18-20(2,3)25-19(22)21-18/h4-12H,13H2,1-3H3,(H,21,22)/b18-17-. The Balaban J connectivity index is 2.07. The van der Waals surface area contributed by atoms with E-state index < -0.39 is 21.5 Å². The van der Waals surface area contributed by atoms with E-state index in [4.69, 9.17) is 4.74 Å². The molecule has 0 radical (unpaired) electrons. The van der Waals surface area contributed by atoms with Crippen LogP contribution >= 0.6 is 11.8 Å². The van der Waals surface area contributed by atoms with Crippen molar-refractivity contribution >= 4 is 27.7 Å². The van der Waals surface area contributed by atoms with Crippen LogP contribution in [0.15, 0.2) is 75.0 Å². The molecule has 1 fully saturated rings. The van der Waals surface area contributed by atoms with Gasteiger partial charge in [-0.05, 0) is 45.0 Å². The van der Waals surface area contributed by atoms with Crippen LogP contribution in [-0.2, 0) is 14.6 Å². The summed E-state index contributed by atoms with van der Waals surface area (Å²) in [7, 11) is -3.80. The van der Waals surface area contributed by atoms with Crippen LogP contribution in [0, 0.1) is 6.92 Å². The number of carbonyl (C=O) groups excluding carboxylic acids is 1. The van der Waals surface area contributed by atoms with Gasteiger partial charge < -0.3 is 4.74 Å². The third kappa shape index (κ3) is 4.20. The van der Waals surface area contributed by atoms with Crippen molar-refractivity contribution in [2.75, 3.05) is 5.75 Å². The Bertz CT molecular complexity index is 978. The Morgan fingerprint density at radius 2 is 1.70 bits per heavy atom. The van der Waals surface area contributed by atoms with Gasteiger partial charge >= 0.3 is 6.09 Å². The van der Waals surface area contributed by atoms with E-state index in [1.165, 1.54) is 11.8 Å². The van der Waals surface area contributed by atoms with Gasteiger partial charge in [0.2, 0.25) is 9.84 Å². The van der Waals surface area contributed by atoms with Gasteiger partial charge in [-0.2, -0.15) is 0 Å². The van der Waals surface area contributed by atoms with Crippen LogP contribution in [0.25, 0.3) is 0 Å². The molecule has 0 bridgehead atoms. The number of carbonyl (C=O) groups is 1. The predicted molar refractivity (Wildman–Crippen MR) is 106 cm³/mol. The summed E-state index contributed by atoms with van der Waals surface area (Å²) in [5.74, 6) is 0.183. The van der Waals surface area contributed by atoms with E-state index in [9.17, 15) is 13.2 Å². The fourth-order valence-electron chi connectivity index (χ4n) is 2.78. The Morgan fingerprint density at radius 3 is 2.26 bits per heavy atom. The third-order valence-corrected chi connectivity index (χ3v) is 7.34. The SMILES string of the molecule is Cc1ccc(S(=O)(=O)/C(CSc2ccccc2)=C2\NC(=O)OC2(C)C)cc1. The Labute approximate surface area is 163 Å². The summed E-state index contributed by atoms with van der Waals surface area (Å²) >= 11 is 1.40. The van der Waals surface area contributed by atoms with Gasteiger partial charge in [-0.1, -0.05) is 35.9 Å². The highest BCUT2D eigenvalue weighted by Gasteiger charge is 2.41. The zero-order valence-corrected chi connectivity index (χ0v) is 17.0. The molecule has 142 valence electrons. The second kappa shape index (κ2) is 7.40. The fraction of sp³-hybridized carbons (Fsp3) is 0.250. The van der Waals surface area contributed by atoms with Gasteiger partial charge in [0, 0.05) is 10.6 Å². The van der Waals surface area contributed by atoms with Crippen molar-refractivity contribution in [3.8, 4) is 0 Å². The van der Waals surface area contributed by atoms with Crippen LogP contribution in [0.1, 0.15) is 19.4 Å². The Morgan fingerprint density at radius 1 is 1.07 bits per heavy atom. The minimum absolute atomic E-state index is 0.149. The average Bonchev–Trinajstić information content (AvgIpc) is 2.88. The molecule has 7 heteroatoms. The molecule has 27 heavy (non-hydrogen) atoms. The number of benzene rings is 2. The van der Waals surface area contributed by atoms with Crippen molar-refractivity contribution in [3.05, 3.63) is 70.8 Å². The number of hydrogen-bond acceptors (Lipinski definition) is 5. The third-order valence-electron chi connectivity index (χ3n) is 4.22. The lowest BCUT2D eigenvalue weighted by molar-refractivity contribution is 0.0976. The second-order valence-corrected chi connectivity index (χ2v) is 9.76. The molecule has 0 spiro atoms. The highest BCUT2D eigenvalue weighted by molar-refractivity contribution is 8.02. The number of ether oxygens (including phenoxy) is 1. The largest absolute Gasteiger partial charge is 0.437 e. The summed E-state index contributed by atoms with van der Waals surface area (Å²) in [5.41, 5.74) is 0.220. The van der Waals surface area contributed by atoms with Gasteiger partial charge in [0.25, 0.3) is 0 Å². The molecule has 1 N–H and O–H groups in total. The number of hydrogen-bond donors (Lipinski definition) is 1. The van der Waals surface area contributed by atoms with E-state index in [0.29, 0.717) is 0 Å². The highest BCUT2D eigenvalue weighted by atomic mass is 32.2. The van der Waals surface area contributed by atoms with Crippen molar-refractivity contribution in [1.29, 1.82) is 0 Å². The first kappa shape index (κ1) is 19.5. The molecule has 0 aliphatic carbocycles. The first-order valence-corrected chi connectivity index (χ1v) is 10.9. The molecule has 2 aromatic rings. The van der Waals surface area contributed by atoms with Crippen molar-refractivity contribution in [2.24, 2.45) is 0 Å². The van der Waals surface area contributed by atoms with Crippen LogP contribution in [0.2, 0.25) is 0 Å². The lowest BCUT2D eigenvalue weighted by atomic mass is 10.1. The topological polar surface area (TPSA) is 72.5 Å². The van der Waals surface area contributed by atoms with Crippen molar-refractivity contribution in [2.45, 2.75) is 36.2 Å². The summed E-state index contributed by atoms with van der Waals surface area (Å²) in [6, 6.07) is 16.2. The summed E-state index contributed by atoms with van der Waals surface area (Å²) in [6.07, 6.45) is -0.642. The van der Waals surface area contributed by atoms with Gasteiger partial charge in [-0.15, -0.1) is 11.8 Å². The van der Waals surface area contributed by atoms with E-state index in [1.807, 2.05) is 37.3 Å². The molecule has 1 aliphatic rings. The number of thioether (sulfide) groups is 1. The van der Waals surface area contributed by atoms with E-state index >= 15 is 0 Å². The Hall–Kier alpha value is -2.25. The van der Waals surface area contributed by atoms with E-state index in [2.05, 4.69) is 5.32 Å². The van der Waals surface area contributed by atoms with Crippen molar-refractivity contribution in [1.82, 2.24) is 5.32 Å². The van der Waals surface area contributed by atoms with Crippen LogP contribution in [0.3, 0.4) is 0 Å². The lowest BCUT2D eigenvalue weighted by Crippen LogP contribution is -2.27. The van der Waals surface area contributed by atoms with Gasteiger partial charge in [-0.3, -0.25) is 5.32 Å². The molecule has 2 aromatic carbocycles. The molecule has 1 saturated heterocycles. The first-order valence-electron chi connectivity index (χ1n) is 8.43. The van der Waals surface area contributed by atoms with E-state index in [0.717, 1.165) is 10.5 Å². The summed E-state index contributed by atoms with van der Waals surface area (Å²) < 4.78 is 32.0. The quantitative estimate of drug-likeness (QED) is 0.754. The number of aryl methyl sites for hydroxylation is 1. The second-order valence-electron chi connectivity index (χ2n) is 6.74. The van der Waals surface area contributed by atoms with Gasteiger partial charge in [0.1, 0.15) is 5.60 Å². The van der Waals surface area contributed by atoms with Gasteiger partial charge in [0.05, 0.1) is 15.5 Å². The molecule has 1 amide bonds. The lowest BCUT2D eigenvalue weighted by Gasteiger charge is -2.21. The van der Waals surface area contributed by atoms with E-state index in [-0.39, 0.29) is 21.3 Å². The molecule has 5 nitrogen and oxygen atoms in total. The molecule has 0 saturated carbocycles. The molecule has 1 heterocycles. The number of amides is 1. The number of sulfone groups is 1. The maximum atomic E-state index is 13.4. The molecule has 3 rings (SSSR count). The maximum absolute atomic E-state index is 13.4. The fourth-order valence-corrected chi connectivity index (χ4v) is 5.71. The van der Waals surface area contributed by atoms with Gasteiger partial charge in [-0.25, -0.2) is 13.2 Å². The minimum Gasteiger partial charge on any atom is -0.437 e. The van der Waals surface area contributed by atoms with Crippen molar-refractivity contribution < 1.29 is 17.9 Å². The first-order chi connectivity index (χ1) is 12.7. The van der Waals surface area contributed by atoms with Crippen LogP contribution in [0.5, 0.6) is 0 Å². The summed E-state index contributed by atoms with van der Waals surface area (Å²) in [4.78, 5) is 13.1. The van der Waals surface area contributed by atoms with Crippen LogP contribution < -0.4 is 5.32 Å². The monoisotopic (exact) mass is 403 g/mol. The molecular formula is C20H21NO4S2. The van der Waals surface area contributed by atoms with E-state index in [1.54, 1.807) is 38.1 Å². The number of rotatable bonds is 5. The van der Waals surface area contributed by atoms with Crippen LogP contribution in [0.4, 0.5) is 4.79 Å². The molecule has 1 aliphatic heterocycles. The average molecular weight is 404 g/mol. The number of alkyl carbamates (subject to hydrolysis) is 1. The molecule has 0 atom stereocenters. The highest BCUT2D eigenvalue weighted by Crippen LogP contribution is 2.35. The zero-order chi connectivity index (χ0) is 19.7. The predicted octanol–water partition coefficient (Wildman–Crippen LogP) is 4.29. The summed E-state index contributed by atoms with van der Waals surface area (Å²) in [6.45, 7) is 5.26. The molecule has 0 unspecified atom stereocenters. The summed E-state index contributed by atoms with van der Waals surface area (Å²) in [5, 5.41) is 2.59. The molecule has 0 aromatic heterocycles. The zero-order valence-electron chi connectivity index (χ0n) is 15.4. The number of cyclic esters (lactones) is 1. The van der Waals surface area contributed by atoms with Crippen LogP contribution in [-0.4, -0.2) is 25.9 Å². The van der Waals surface area contributed by atoms with Gasteiger partial charge in [0.15, 0.2) is 0 Å². The maximum Gasteiger partial charge on any atom is 0.412 e. The smallest absolute Gasteiger partial charge is 0.412 e. The molecular weight excluding hydrogens is 382 g/mol. The Kier molecular flexibility index (Phi) is 5.35. The normalized spacial score (nSPS) is 18.0. The minimum atomic E-state index is -3.80. The van der Waals surface area contributed by atoms with Crippen molar-refractivity contribution in [3.63, 3.8) is 0 Å². The number of nitrogens with one attached hydrogen (secondary N) is 1.